The molecule has 0 rings (SSSR count). The molecule has 0 heterocycles. The van der Waals surface area contributed by atoms with Crippen LogP contribution in [0, 0.1) is 5.92 Å². The normalized spacial score (nSPS) is 13.3. The van der Waals surface area contributed by atoms with E-state index in [0.29, 0.717) is 18.5 Å². The van der Waals surface area contributed by atoms with Crippen LogP contribution in [0.3, 0.4) is 0 Å². The largest absolute Gasteiger partial charge is 0.444 e. The van der Waals surface area contributed by atoms with Gasteiger partial charge in [-0.05, 0) is 46.1 Å². The highest BCUT2D eigenvalue weighted by atomic mass is 16.6. The minimum atomic E-state index is -0.436. The van der Waals surface area contributed by atoms with Crippen molar-refractivity contribution in [2.45, 2.75) is 78.9 Å². The Labute approximate surface area is 125 Å². The van der Waals surface area contributed by atoms with Crippen molar-refractivity contribution in [3.8, 4) is 0 Å². The molecule has 0 fully saturated rings. The number of amides is 1. The van der Waals surface area contributed by atoms with E-state index in [1.807, 2.05) is 20.8 Å². The molecular weight excluding hydrogens is 252 g/mol. The van der Waals surface area contributed by atoms with E-state index < -0.39 is 5.60 Å². The molecule has 2 N–H and O–H groups in total. The monoisotopic (exact) mass is 286 g/mol. The first-order valence-corrected chi connectivity index (χ1v) is 7.94. The van der Waals surface area contributed by atoms with E-state index in [4.69, 9.17) is 4.74 Å². The fourth-order valence-electron chi connectivity index (χ4n) is 1.82. The smallest absolute Gasteiger partial charge is 0.407 e. The van der Waals surface area contributed by atoms with E-state index in [0.717, 1.165) is 19.4 Å². The van der Waals surface area contributed by atoms with Gasteiger partial charge >= 0.3 is 6.09 Å². The van der Waals surface area contributed by atoms with Crippen LogP contribution in [-0.2, 0) is 4.74 Å². The van der Waals surface area contributed by atoms with Crippen LogP contribution in [0.4, 0.5) is 4.79 Å². The zero-order valence-corrected chi connectivity index (χ0v) is 14.2. The summed E-state index contributed by atoms with van der Waals surface area (Å²) in [6.07, 6.45) is 4.27. The summed E-state index contributed by atoms with van der Waals surface area (Å²) in [5.41, 5.74) is -0.436. The molecule has 120 valence electrons. The van der Waals surface area contributed by atoms with Gasteiger partial charge in [0.2, 0.25) is 0 Å². The molecule has 4 nitrogen and oxygen atoms in total. The molecule has 0 aliphatic heterocycles. The molecule has 0 bridgehead atoms. The number of unbranched alkanes of at least 4 members (excludes halogenated alkanes) is 1. The first-order chi connectivity index (χ1) is 9.24. The van der Waals surface area contributed by atoms with Gasteiger partial charge in [0.1, 0.15) is 5.60 Å². The highest BCUT2D eigenvalue weighted by Crippen LogP contribution is 2.07. The fraction of sp³-hybridized carbons (Fsp3) is 0.938. The second kappa shape index (κ2) is 10.0. The second-order valence-corrected chi connectivity index (χ2v) is 6.86. The zero-order chi connectivity index (χ0) is 15.6. The minimum Gasteiger partial charge on any atom is -0.444 e. The van der Waals surface area contributed by atoms with Gasteiger partial charge in [-0.2, -0.15) is 0 Å². The second-order valence-electron chi connectivity index (χ2n) is 6.86. The number of nitrogens with one attached hydrogen (secondary N) is 2. The molecule has 0 aromatic rings. The summed E-state index contributed by atoms with van der Waals surface area (Å²) < 4.78 is 5.26. The molecule has 1 unspecified atom stereocenters. The van der Waals surface area contributed by atoms with Crippen molar-refractivity contribution in [3.05, 3.63) is 0 Å². The maximum Gasteiger partial charge on any atom is 0.407 e. The Bertz CT molecular complexity index is 260. The highest BCUT2D eigenvalue weighted by molar-refractivity contribution is 5.67. The van der Waals surface area contributed by atoms with Crippen molar-refractivity contribution in [1.29, 1.82) is 0 Å². The van der Waals surface area contributed by atoms with Crippen LogP contribution in [0.2, 0.25) is 0 Å². The van der Waals surface area contributed by atoms with E-state index in [2.05, 4.69) is 31.4 Å². The van der Waals surface area contributed by atoms with Crippen LogP contribution in [0.15, 0.2) is 0 Å². The van der Waals surface area contributed by atoms with E-state index in [1.165, 1.54) is 12.8 Å². The SMILES string of the molecule is CCCCC(CNC(=O)OC(C)(C)C)NCCC(C)C. The Balaban J connectivity index is 4.04. The van der Waals surface area contributed by atoms with Crippen molar-refractivity contribution >= 4 is 6.09 Å². The molecule has 0 saturated heterocycles. The van der Waals surface area contributed by atoms with Crippen LogP contribution in [0.5, 0.6) is 0 Å². The number of ether oxygens (including phenoxy) is 1. The number of hydrogen-bond donors (Lipinski definition) is 2. The minimum absolute atomic E-state index is 0.329. The predicted octanol–water partition coefficient (Wildman–Crippen LogP) is 3.71. The maximum absolute atomic E-state index is 11.7. The van der Waals surface area contributed by atoms with Crippen LogP contribution in [0.1, 0.15) is 67.2 Å². The molecule has 1 amide bonds. The number of carbonyl (C=O) groups excluding carboxylic acids is 1. The molecule has 0 aliphatic rings. The summed E-state index contributed by atoms with van der Waals surface area (Å²) in [5, 5.41) is 6.40. The number of alkyl carbamates (subject to hydrolysis) is 1. The van der Waals surface area contributed by atoms with Gasteiger partial charge in [-0.15, -0.1) is 0 Å². The Morgan fingerprint density at radius 3 is 2.35 bits per heavy atom. The van der Waals surface area contributed by atoms with Crippen LogP contribution >= 0.6 is 0 Å². The molecule has 0 aromatic carbocycles. The van der Waals surface area contributed by atoms with Crippen molar-refractivity contribution in [2.24, 2.45) is 5.92 Å². The average molecular weight is 286 g/mol. The van der Waals surface area contributed by atoms with E-state index in [-0.39, 0.29) is 6.09 Å². The summed E-state index contributed by atoms with van der Waals surface area (Å²) in [6.45, 7) is 13.9. The Hall–Kier alpha value is -0.770. The first-order valence-electron chi connectivity index (χ1n) is 7.94. The lowest BCUT2D eigenvalue weighted by molar-refractivity contribution is 0.0521. The third kappa shape index (κ3) is 12.3. The van der Waals surface area contributed by atoms with Crippen molar-refractivity contribution in [2.75, 3.05) is 13.1 Å². The fourth-order valence-corrected chi connectivity index (χ4v) is 1.82. The zero-order valence-electron chi connectivity index (χ0n) is 14.2. The maximum atomic E-state index is 11.7. The lowest BCUT2D eigenvalue weighted by atomic mass is 10.1. The van der Waals surface area contributed by atoms with E-state index >= 15 is 0 Å². The highest BCUT2D eigenvalue weighted by Gasteiger charge is 2.17. The Morgan fingerprint density at radius 2 is 1.85 bits per heavy atom. The van der Waals surface area contributed by atoms with Crippen molar-refractivity contribution in [3.63, 3.8) is 0 Å². The van der Waals surface area contributed by atoms with Crippen LogP contribution < -0.4 is 10.6 Å². The molecule has 0 aliphatic carbocycles. The summed E-state index contributed by atoms with van der Waals surface area (Å²) in [4.78, 5) is 11.7. The van der Waals surface area contributed by atoms with Gasteiger partial charge in [0.15, 0.2) is 0 Å². The molecule has 0 spiro atoms. The van der Waals surface area contributed by atoms with Crippen molar-refractivity contribution in [1.82, 2.24) is 10.6 Å². The molecule has 1 atom stereocenters. The standard InChI is InChI=1S/C16H34N2O2/c1-7-8-9-14(17-11-10-13(2)3)12-18-15(19)20-16(4,5)6/h13-14,17H,7-12H2,1-6H3,(H,18,19). The van der Waals surface area contributed by atoms with Crippen molar-refractivity contribution < 1.29 is 9.53 Å². The Morgan fingerprint density at radius 1 is 1.20 bits per heavy atom. The summed E-state index contributed by atoms with van der Waals surface area (Å²) in [6, 6.07) is 0.334. The summed E-state index contributed by atoms with van der Waals surface area (Å²) in [7, 11) is 0. The molecule has 0 saturated carbocycles. The first kappa shape index (κ1) is 19.2. The molecule has 4 heteroatoms. The molecule has 20 heavy (non-hydrogen) atoms. The average Bonchev–Trinajstić information content (AvgIpc) is 2.29. The third-order valence-electron chi connectivity index (χ3n) is 2.95. The number of rotatable bonds is 9. The van der Waals surface area contributed by atoms with E-state index in [1.54, 1.807) is 0 Å². The van der Waals surface area contributed by atoms with Gasteiger partial charge in [-0.25, -0.2) is 4.79 Å². The van der Waals surface area contributed by atoms with Crippen LogP contribution in [0.25, 0.3) is 0 Å². The lowest BCUT2D eigenvalue weighted by Crippen LogP contribution is -2.43. The lowest BCUT2D eigenvalue weighted by Gasteiger charge is -2.23. The van der Waals surface area contributed by atoms with E-state index in [9.17, 15) is 4.79 Å². The predicted molar refractivity (Wildman–Crippen MR) is 85.0 cm³/mol. The number of hydrogen-bond acceptors (Lipinski definition) is 3. The van der Waals surface area contributed by atoms with Gasteiger partial charge in [-0.1, -0.05) is 33.6 Å². The summed E-state index contributed by atoms with van der Waals surface area (Å²) >= 11 is 0. The topological polar surface area (TPSA) is 50.4 Å². The van der Waals surface area contributed by atoms with Gasteiger partial charge in [0.05, 0.1) is 0 Å². The summed E-state index contributed by atoms with van der Waals surface area (Å²) in [5.74, 6) is 0.702. The molecule has 0 aromatic heterocycles. The third-order valence-corrected chi connectivity index (χ3v) is 2.95. The number of carbonyl (C=O) groups is 1. The van der Waals surface area contributed by atoms with Gasteiger partial charge < -0.3 is 15.4 Å². The molecular formula is C16H34N2O2. The Kier molecular flexibility index (Phi) is 9.64. The van der Waals surface area contributed by atoms with Gasteiger partial charge in [-0.3, -0.25) is 0 Å². The molecule has 0 radical (unpaired) electrons. The van der Waals surface area contributed by atoms with Gasteiger partial charge in [0.25, 0.3) is 0 Å². The van der Waals surface area contributed by atoms with Gasteiger partial charge in [0, 0.05) is 12.6 Å². The van der Waals surface area contributed by atoms with Crippen LogP contribution in [-0.4, -0.2) is 30.8 Å². The quantitative estimate of drug-likeness (QED) is 0.679.